The fraction of sp³-hybridized carbons (Fsp3) is 0.200. The first-order valence-corrected chi connectivity index (χ1v) is 8.09. The molecule has 3 rings (SSSR count). The zero-order valence-electron chi connectivity index (χ0n) is 11.4. The van der Waals surface area contributed by atoms with E-state index < -0.39 is 0 Å². The molecule has 0 saturated heterocycles. The van der Waals surface area contributed by atoms with Crippen molar-refractivity contribution in [2.75, 3.05) is 5.32 Å². The number of benzene rings is 1. The first kappa shape index (κ1) is 13.3. The van der Waals surface area contributed by atoms with Gasteiger partial charge in [0.2, 0.25) is 0 Å². The van der Waals surface area contributed by atoms with Gasteiger partial charge in [-0.15, -0.1) is 22.7 Å². The van der Waals surface area contributed by atoms with Gasteiger partial charge in [-0.1, -0.05) is 0 Å². The molecular weight excluding hydrogens is 286 g/mol. The summed E-state index contributed by atoms with van der Waals surface area (Å²) in [5.74, 6) is 0. The highest BCUT2D eigenvalue weighted by Gasteiger charge is 2.05. The first-order chi connectivity index (χ1) is 9.72. The van der Waals surface area contributed by atoms with Gasteiger partial charge < -0.3 is 5.32 Å². The van der Waals surface area contributed by atoms with Gasteiger partial charge in [-0.3, -0.25) is 0 Å². The maximum atomic E-state index is 4.44. The summed E-state index contributed by atoms with van der Waals surface area (Å²) < 4.78 is 0. The SMILES string of the molecule is Cc1nc(C)c(CNc2ccc(-c3nccs3)cc2)s1. The van der Waals surface area contributed by atoms with Crippen LogP contribution in [0.15, 0.2) is 35.8 Å². The molecule has 1 aromatic carbocycles. The Bertz CT molecular complexity index is 684. The standard InChI is InChI=1S/C15H15N3S2/c1-10-14(20-11(2)18-10)9-17-13-5-3-12(4-6-13)15-16-7-8-19-15/h3-8,17H,9H2,1-2H3. The fourth-order valence-corrected chi connectivity index (χ4v) is 3.54. The summed E-state index contributed by atoms with van der Waals surface area (Å²) in [6.45, 7) is 4.93. The summed E-state index contributed by atoms with van der Waals surface area (Å²) in [5, 5.41) is 7.62. The van der Waals surface area contributed by atoms with Crippen molar-refractivity contribution in [1.29, 1.82) is 0 Å². The van der Waals surface area contributed by atoms with Crippen molar-refractivity contribution >= 4 is 28.4 Å². The van der Waals surface area contributed by atoms with E-state index in [1.165, 1.54) is 4.88 Å². The van der Waals surface area contributed by atoms with Crippen molar-refractivity contribution in [3.8, 4) is 10.6 Å². The highest BCUT2D eigenvalue weighted by atomic mass is 32.1. The molecule has 0 radical (unpaired) electrons. The quantitative estimate of drug-likeness (QED) is 0.771. The number of aromatic nitrogens is 2. The van der Waals surface area contributed by atoms with Crippen LogP contribution >= 0.6 is 22.7 Å². The number of hydrogen-bond donors (Lipinski definition) is 1. The molecule has 2 heterocycles. The van der Waals surface area contributed by atoms with Gasteiger partial charge in [0, 0.05) is 27.7 Å². The predicted octanol–water partition coefficient (Wildman–Crippen LogP) is 4.50. The molecule has 0 bridgehead atoms. The van der Waals surface area contributed by atoms with E-state index in [0.717, 1.165) is 33.5 Å². The van der Waals surface area contributed by atoms with Crippen LogP contribution in [0.3, 0.4) is 0 Å². The molecule has 0 fully saturated rings. The number of hydrogen-bond acceptors (Lipinski definition) is 5. The van der Waals surface area contributed by atoms with Gasteiger partial charge >= 0.3 is 0 Å². The van der Waals surface area contributed by atoms with E-state index in [4.69, 9.17) is 0 Å². The molecule has 0 amide bonds. The molecule has 2 aromatic heterocycles. The lowest BCUT2D eigenvalue weighted by Gasteiger charge is -2.06. The second-order valence-electron chi connectivity index (χ2n) is 4.51. The van der Waals surface area contributed by atoms with Gasteiger partial charge in [-0.05, 0) is 38.1 Å². The molecule has 3 aromatic rings. The number of anilines is 1. The third kappa shape index (κ3) is 2.89. The zero-order chi connectivity index (χ0) is 13.9. The molecular formula is C15H15N3S2. The number of rotatable bonds is 4. The predicted molar refractivity (Wildman–Crippen MR) is 86.5 cm³/mol. The van der Waals surface area contributed by atoms with Crippen LogP contribution in [0.2, 0.25) is 0 Å². The molecule has 20 heavy (non-hydrogen) atoms. The maximum Gasteiger partial charge on any atom is 0.123 e. The lowest BCUT2D eigenvalue weighted by molar-refractivity contribution is 1.11. The zero-order valence-corrected chi connectivity index (χ0v) is 13.0. The summed E-state index contributed by atoms with van der Waals surface area (Å²) in [6.07, 6.45) is 1.83. The Morgan fingerprint density at radius 1 is 1.15 bits per heavy atom. The van der Waals surface area contributed by atoms with Crippen LogP contribution in [0.1, 0.15) is 15.6 Å². The second-order valence-corrected chi connectivity index (χ2v) is 6.69. The monoisotopic (exact) mass is 301 g/mol. The lowest BCUT2D eigenvalue weighted by Crippen LogP contribution is -1.98. The van der Waals surface area contributed by atoms with Crippen molar-refractivity contribution in [3.05, 3.63) is 51.4 Å². The Balaban J connectivity index is 1.68. The van der Waals surface area contributed by atoms with E-state index in [1.54, 1.807) is 22.7 Å². The summed E-state index contributed by atoms with van der Waals surface area (Å²) in [6, 6.07) is 8.40. The maximum absolute atomic E-state index is 4.44. The topological polar surface area (TPSA) is 37.8 Å². The average Bonchev–Trinajstić information content (AvgIpc) is 3.07. The van der Waals surface area contributed by atoms with Crippen molar-refractivity contribution in [2.45, 2.75) is 20.4 Å². The van der Waals surface area contributed by atoms with Gasteiger partial charge in [-0.2, -0.15) is 0 Å². The van der Waals surface area contributed by atoms with E-state index in [1.807, 2.05) is 18.5 Å². The van der Waals surface area contributed by atoms with E-state index >= 15 is 0 Å². The van der Waals surface area contributed by atoms with Gasteiger partial charge in [0.05, 0.1) is 17.2 Å². The molecule has 102 valence electrons. The Morgan fingerprint density at radius 3 is 2.55 bits per heavy atom. The van der Waals surface area contributed by atoms with Crippen LogP contribution in [0, 0.1) is 13.8 Å². The average molecular weight is 301 g/mol. The Morgan fingerprint density at radius 2 is 1.95 bits per heavy atom. The summed E-state index contributed by atoms with van der Waals surface area (Å²) >= 11 is 3.41. The molecule has 0 aliphatic rings. The molecule has 3 nitrogen and oxygen atoms in total. The third-order valence-electron chi connectivity index (χ3n) is 3.02. The van der Waals surface area contributed by atoms with Crippen LogP contribution in [0.5, 0.6) is 0 Å². The van der Waals surface area contributed by atoms with Crippen molar-refractivity contribution in [1.82, 2.24) is 9.97 Å². The van der Waals surface area contributed by atoms with Crippen LogP contribution in [-0.4, -0.2) is 9.97 Å². The summed E-state index contributed by atoms with van der Waals surface area (Å²) in [4.78, 5) is 10.1. The molecule has 0 aliphatic heterocycles. The number of nitrogens with zero attached hydrogens (tertiary/aromatic N) is 2. The Hall–Kier alpha value is -1.72. The van der Waals surface area contributed by atoms with Gasteiger partial charge in [0.25, 0.3) is 0 Å². The molecule has 0 atom stereocenters. The van der Waals surface area contributed by atoms with Crippen LogP contribution in [0.25, 0.3) is 10.6 Å². The highest BCUT2D eigenvalue weighted by Crippen LogP contribution is 2.24. The molecule has 5 heteroatoms. The van der Waals surface area contributed by atoms with Gasteiger partial charge in [0.15, 0.2) is 0 Å². The molecule has 0 spiro atoms. The minimum absolute atomic E-state index is 0.827. The second kappa shape index (κ2) is 5.73. The third-order valence-corrected chi connectivity index (χ3v) is 4.91. The fourth-order valence-electron chi connectivity index (χ4n) is 2.02. The van der Waals surface area contributed by atoms with Gasteiger partial charge in [-0.25, -0.2) is 9.97 Å². The number of thiazole rings is 2. The van der Waals surface area contributed by atoms with Crippen molar-refractivity contribution in [2.24, 2.45) is 0 Å². The summed E-state index contributed by atoms with van der Waals surface area (Å²) in [5.41, 5.74) is 3.41. The van der Waals surface area contributed by atoms with Crippen molar-refractivity contribution < 1.29 is 0 Å². The first-order valence-electron chi connectivity index (χ1n) is 6.39. The van der Waals surface area contributed by atoms with Crippen LogP contribution in [0.4, 0.5) is 5.69 Å². The smallest absolute Gasteiger partial charge is 0.123 e. The van der Waals surface area contributed by atoms with Crippen LogP contribution in [-0.2, 0) is 6.54 Å². The molecule has 0 aliphatic carbocycles. The normalized spacial score (nSPS) is 10.7. The van der Waals surface area contributed by atoms with Crippen LogP contribution < -0.4 is 5.32 Å². The number of nitrogens with one attached hydrogen (secondary N) is 1. The largest absolute Gasteiger partial charge is 0.380 e. The Kier molecular flexibility index (Phi) is 3.80. The molecule has 0 unspecified atom stereocenters. The van der Waals surface area contributed by atoms with E-state index in [9.17, 15) is 0 Å². The molecule has 0 saturated carbocycles. The number of aryl methyl sites for hydroxylation is 2. The minimum Gasteiger partial charge on any atom is -0.380 e. The summed E-state index contributed by atoms with van der Waals surface area (Å²) in [7, 11) is 0. The lowest BCUT2D eigenvalue weighted by atomic mass is 10.2. The van der Waals surface area contributed by atoms with E-state index in [-0.39, 0.29) is 0 Å². The van der Waals surface area contributed by atoms with Gasteiger partial charge in [0.1, 0.15) is 5.01 Å². The highest BCUT2D eigenvalue weighted by molar-refractivity contribution is 7.13. The van der Waals surface area contributed by atoms with E-state index in [0.29, 0.717) is 0 Å². The Labute approximate surface area is 126 Å². The van der Waals surface area contributed by atoms with E-state index in [2.05, 4.69) is 46.5 Å². The minimum atomic E-state index is 0.827. The van der Waals surface area contributed by atoms with Crippen molar-refractivity contribution in [3.63, 3.8) is 0 Å². The molecule has 1 N–H and O–H groups in total.